The number of hydrogen-bond donors (Lipinski definition) is 0. The summed E-state index contributed by atoms with van der Waals surface area (Å²) in [4.78, 5) is 13.0. The summed E-state index contributed by atoms with van der Waals surface area (Å²) in [5.74, 6) is 0.486. The minimum absolute atomic E-state index is 0.135. The topological polar surface area (TPSA) is 52.6 Å². The van der Waals surface area contributed by atoms with Crippen LogP contribution < -0.4 is 14.8 Å². The fraction of sp³-hybridized carbons (Fsp3) is 0.278. The molecule has 0 aliphatic rings. The van der Waals surface area contributed by atoms with Crippen LogP contribution in [0.1, 0.15) is 32.6 Å². The van der Waals surface area contributed by atoms with Gasteiger partial charge < -0.3 is 9.47 Å². The van der Waals surface area contributed by atoms with Crippen molar-refractivity contribution in [2.24, 2.45) is 0 Å². The molecule has 0 aliphatic carbocycles. The van der Waals surface area contributed by atoms with E-state index < -0.39 is 0 Å². The van der Waals surface area contributed by atoms with Gasteiger partial charge in [-0.3, -0.25) is 9.36 Å². The van der Waals surface area contributed by atoms with Gasteiger partial charge in [0.1, 0.15) is 0 Å². The molecular formula is C18H19O4P. The third kappa shape index (κ3) is 3.13. The molecule has 0 unspecified atom stereocenters. The van der Waals surface area contributed by atoms with Gasteiger partial charge in [0.2, 0.25) is 0 Å². The highest BCUT2D eigenvalue weighted by molar-refractivity contribution is 7.34. The van der Waals surface area contributed by atoms with Crippen LogP contribution >= 0.6 is 8.46 Å². The maximum absolute atomic E-state index is 13.0. The Morgan fingerprint density at radius 3 is 2.00 bits per heavy atom. The highest BCUT2D eigenvalue weighted by Gasteiger charge is 2.23. The van der Waals surface area contributed by atoms with Crippen molar-refractivity contribution < 1.29 is 18.8 Å². The number of methoxy groups -OCH3 is 2. The van der Waals surface area contributed by atoms with E-state index in [-0.39, 0.29) is 14.2 Å². The molecule has 2 rings (SSSR count). The first-order valence-electron chi connectivity index (χ1n) is 7.15. The maximum atomic E-state index is 13.0. The number of carbonyl (C=O) groups excluding carboxylic acids is 1. The van der Waals surface area contributed by atoms with Crippen molar-refractivity contribution in [3.05, 3.63) is 52.1 Å². The summed E-state index contributed by atoms with van der Waals surface area (Å²) in [5.41, 5.74) is 4.00. The Balaban J connectivity index is 2.67. The number of aryl methyl sites for hydroxylation is 3. The third-order valence-electron chi connectivity index (χ3n) is 3.75. The summed E-state index contributed by atoms with van der Waals surface area (Å²) < 4.78 is 21.9. The normalized spacial score (nSPS) is 10.7. The number of ketones is 1. The summed E-state index contributed by atoms with van der Waals surface area (Å²) in [6, 6.07) is 7.20. The Kier molecular flexibility index (Phi) is 5.17. The Bertz CT molecular complexity index is 758. The van der Waals surface area contributed by atoms with Crippen LogP contribution in [0.25, 0.3) is 0 Å². The number of ether oxygens (including phenoxy) is 2. The van der Waals surface area contributed by atoms with Gasteiger partial charge in [-0.15, -0.1) is 0 Å². The van der Waals surface area contributed by atoms with Crippen LogP contribution in [0, 0.1) is 20.8 Å². The minimum atomic E-state index is -0.187. The molecule has 0 spiro atoms. The second-order valence-corrected chi connectivity index (χ2v) is 6.06. The average molecular weight is 330 g/mol. The van der Waals surface area contributed by atoms with E-state index in [0.29, 0.717) is 27.9 Å². The molecule has 0 saturated carbocycles. The van der Waals surface area contributed by atoms with Crippen LogP contribution in [-0.2, 0) is 4.57 Å². The largest absolute Gasteiger partial charge is 0.492 e. The average Bonchev–Trinajstić information content (AvgIpc) is 2.51. The highest BCUT2D eigenvalue weighted by atomic mass is 31.1. The van der Waals surface area contributed by atoms with E-state index in [4.69, 9.17) is 9.47 Å². The van der Waals surface area contributed by atoms with Crippen LogP contribution in [0.5, 0.6) is 11.5 Å². The lowest BCUT2D eigenvalue weighted by Gasteiger charge is -2.15. The van der Waals surface area contributed by atoms with Crippen molar-refractivity contribution in [1.29, 1.82) is 0 Å². The van der Waals surface area contributed by atoms with Crippen LogP contribution in [-0.4, -0.2) is 20.0 Å². The van der Waals surface area contributed by atoms with Gasteiger partial charge in [-0.05, 0) is 44.0 Å². The number of hydrogen-bond acceptors (Lipinski definition) is 4. The van der Waals surface area contributed by atoms with Gasteiger partial charge in [0, 0.05) is 5.56 Å². The Labute approximate surface area is 137 Å². The summed E-state index contributed by atoms with van der Waals surface area (Å²) in [7, 11) is 2.74. The maximum Gasteiger partial charge on any atom is 0.197 e. The molecule has 0 N–H and O–H groups in total. The van der Waals surface area contributed by atoms with Gasteiger partial charge in [-0.25, -0.2) is 0 Å². The van der Waals surface area contributed by atoms with E-state index in [0.717, 1.165) is 16.7 Å². The molecule has 2 aromatic carbocycles. The van der Waals surface area contributed by atoms with Crippen molar-refractivity contribution in [3.63, 3.8) is 0 Å². The SMILES string of the molecule is COc1c(P=O)ccc(C(=O)c2c(C)cc(C)cc2C)c1OC. The smallest absolute Gasteiger partial charge is 0.197 e. The minimum Gasteiger partial charge on any atom is -0.492 e. The van der Waals surface area contributed by atoms with Crippen LogP contribution in [0.15, 0.2) is 24.3 Å². The molecule has 0 atom stereocenters. The molecule has 0 radical (unpaired) electrons. The lowest BCUT2D eigenvalue weighted by atomic mass is 9.92. The number of rotatable bonds is 5. The molecule has 0 amide bonds. The molecule has 2 aromatic rings. The summed E-state index contributed by atoms with van der Waals surface area (Å²) in [6.07, 6.45) is 0. The van der Waals surface area contributed by atoms with Gasteiger partial charge in [-0.1, -0.05) is 17.7 Å². The van der Waals surface area contributed by atoms with Crippen molar-refractivity contribution in [1.82, 2.24) is 0 Å². The predicted octanol–water partition coefficient (Wildman–Crippen LogP) is 3.78. The van der Waals surface area contributed by atoms with Crippen molar-refractivity contribution in [2.75, 3.05) is 14.2 Å². The van der Waals surface area contributed by atoms with Crippen LogP contribution in [0.2, 0.25) is 0 Å². The Morgan fingerprint density at radius 1 is 0.957 bits per heavy atom. The third-order valence-corrected chi connectivity index (χ3v) is 4.30. The van der Waals surface area contributed by atoms with Gasteiger partial charge >= 0.3 is 0 Å². The second kappa shape index (κ2) is 6.93. The first kappa shape index (κ1) is 17.2. The standard InChI is InChI=1S/C18H19O4P/c1-10-8-11(2)15(12(3)9-10)16(19)13-6-7-14(23-20)18(22-5)17(13)21-4/h6-9H,1-5H3. The van der Waals surface area contributed by atoms with Crippen molar-refractivity contribution >= 4 is 19.5 Å². The quantitative estimate of drug-likeness (QED) is 0.618. The molecule has 4 nitrogen and oxygen atoms in total. The summed E-state index contributed by atoms with van der Waals surface area (Å²) >= 11 is 0. The monoisotopic (exact) mass is 330 g/mol. The molecule has 5 heteroatoms. The molecule has 23 heavy (non-hydrogen) atoms. The fourth-order valence-corrected chi connectivity index (χ4v) is 3.29. The van der Waals surface area contributed by atoms with Crippen molar-refractivity contribution in [3.8, 4) is 11.5 Å². The zero-order chi connectivity index (χ0) is 17.1. The molecule has 120 valence electrons. The molecule has 0 heterocycles. The molecule has 0 aromatic heterocycles. The van der Waals surface area contributed by atoms with E-state index in [1.54, 1.807) is 12.1 Å². The van der Waals surface area contributed by atoms with E-state index >= 15 is 0 Å². The fourth-order valence-electron chi connectivity index (χ4n) is 2.88. The van der Waals surface area contributed by atoms with Gasteiger partial charge in [0.15, 0.2) is 25.7 Å². The lowest BCUT2D eigenvalue weighted by molar-refractivity contribution is 0.103. The summed E-state index contributed by atoms with van der Waals surface area (Å²) in [6.45, 7) is 5.84. The van der Waals surface area contributed by atoms with Crippen LogP contribution in [0.4, 0.5) is 0 Å². The molecule has 0 bridgehead atoms. The highest BCUT2D eigenvalue weighted by Crippen LogP contribution is 2.34. The van der Waals surface area contributed by atoms with Gasteiger partial charge in [0.05, 0.1) is 25.1 Å². The first-order valence-corrected chi connectivity index (χ1v) is 7.96. The van der Waals surface area contributed by atoms with Crippen LogP contribution in [0.3, 0.4) is 0 Å². The summed E-state index contributed by atoms with van der Waals surface area (Å²) in [5, 5.41) is 0.443. The number of carbonyl (C=O) groups is 1. The number of benzene rings is 2. The van der Waals surface area contributed by atoms with E-state index in [2.05, 4.69) is 0 Å². The van der Waals surface area contributed by atoms with Gasteiger partial charge in [0.25, 0.3) is 0 Å². The Morgan fingerprint density at radius 2 is 1.52 bits per heavy atom. The van der Waals surface area contributed by atoms with E-state index in [1.807, 2.05) is 32.9 Å². The molecule has 0 saturated heterocycles. The zero-order valence-electron chi connectivity index (χ0n) is 13.9. The zero-order valence-corrected chi connectivity index (χ0v) is 14.8. The van der Waals surface area contributed by atoms with E-state index in [1.165, 1.54) is 14.2 Å². The van der Waals surface area contributed by atoms with Gasteiger partial charge in [-0.2, -0.15) is 0 Å². The molecular weight excluding hydrogens is 311 g/mol. The predicted molar refractivity (Wildman–Crippen MR) is 90.9 cm³/mol. The van der Waals surface area contributed by atoms with E-state index in [9.17, 15) is 9.36 Å². The lowest BCUT2D eigenvalue weighted by Crippen LogP contribution is -2.12. The Hall–Kier alpha value is -2.19. The molecule has 0 fully saturated rings. The van der Waals surface area contributed by atoms with Crippen molar-refractivity contribution in [2.45, 2.75) is 20.8 Å². The first-order chi connectivity index (χ1) is 10.9. The molecule has 0 aliphatic heterocycles. The second-order valence-electron chi connectivity index (χ2n) is 5.39.